The third-order valence-corrected chi connectivity index (χ3v) is 4.09. The molecule has 0 radical (unpaired) electrons. The van der Waals surface area contributed by atoms with Crippen molar-refractivity contribution in [2.45, 2.75) is 37.8 Å². The molecule has 0 heterocycles. The van der Waals surface area contributed by atoms with Gasteiger partial charge in [0, 0.05) is 13.2 Å². The van der Waals surface area contributed by atoms with Crippen molar-refractivity contribution >= 4 is 28.9 Å². The van der Waals surface area contributed by atoms with E-state index in [-0.39, 0.29) is 0 Å². The second kappa shape index (κ2) is 5.94. The SMILES string of the molecule is COC1CCCC(Nc2cccc(Cl)c2Cl)C1. The third-order valence-electron chi connectivity index (χ3n) is 3.27. The molecule has 0 aliphatic heterocycles. The van der Waals surface area contributed by atoms with Crippen LogP contribution < -0.4 is 5.32 Å². The molecule has 0 spiro atoms. The van der Waals surface area contributed by atoms with Crippen molar-refractivity contribution in [2.75, 3.05) is 12.4 Å². The molecular weight excluding hydrogens is 257 g/mol. The van der Waals surface area contributed by atoms with Crippen LogP contribution in [0.2, 0.25) is 10.0 Å². The predicted octanol–water partition coefficient (Wildman–Crippen LogP) is 4.36. The van der Waals surface area contributed by atoms with Crippen molar-refractivity contribution in [3.8, 4) is 0 Å². The van der Waals surface area contributed by atoms with Gasteiger partial charge in [-0.15, -0.1) is 0 Å². The number of benzene rings is 1. The monoisotopic (exact) mass is 273 g/mol. The molecule has 1 saturated carbocycles. The Hall–Kier alpha value is -0.440. The Bertz CT molecular complexity index is 384. The van der Waals surface area contributed by atoms with Crippen LogP contribution in [-0.2, 0) is 4.74 Å². The molecule has 0 saturated heterocycles. The molecule has 2 rings (SSSR count). The molecule has 1 aliphatic carbocycles. The first kappa shape index (κ1) is 13.0. The maximum absolute atomic E-state index is 6.16. The highest BCUT2D eigenvalue weighted by molar-refractivity contribution is 6.43. The first-order valence-corrected chi connectivity index (χ1v) is 6.69. The second-order valence-electron chi connectivity index (χ2n) is 4.47. The van der Waals surface area contributed by atoms with Crippen molar-refractivity contribution in [1.82, 2.24) is 0 Å². The molecular formula is C13H17Cl2NO. The van der Waals surface area contributed by atoms with Gasteiger partial charge >= 0.3 is 0 Å². The minimum atomic E-state index is 0.360. The van der Waals surface area contributed by atoms with Crippen LogP contribution in [0.4, 0.5) is 5.69 Å². The van der Waals surface area contributed by atoms with Gasteiger partial charge in [-0.25, -0.2) is 0 Å². The lowest BCUT2D eigenvalue weighted by Crippen LogP contribution is -2.31. The molecule has 1 N–H and O–H groups in total. The van der Waals surface area contributed by atoms with Crippen molar-refractivity contribution < 1.29 is 4.74 Å². The summed E-state index contributed by atoms with van der Waals surface area (Å²) in [6.45, 7) is 0. The smallest absolute Gasteiger partial charge is 0.0823 e. The van der Waals surface area contributed by atoms with Crippen molar-refractivity contribution in [1.29, 1.82) is 0 Å². The minimum absolute atomic E-state index is 0.360. The zero-order valence-electron chi connectivity index (χ0n) is 9.88. The van der Waals surface area contributed by atoms with E-state index in [1.54, 1.807) is 13.2 Å². The van der Waals surface area contributed by atoms with Gasteiger partial charge in [-0.3, -0.25) is 0 Å². The molecule has 1 aromatic rings. The molecule has 1 fully saturated rings. The van der Waals surface area contributed by atoms with E-state index in [1.807, 2.05) is 12.1 Å². The van der Waals surface area contributed by atoms with Crippen LogP contribution in [0.3, 0.4) is 0 Å². The Morgan fingerprint density at radius 1 is 1.29 bits per heavy atom. The quantitative estimate of drug-likeness (QED) is 0.884. The number of anilines is 1. The molecule has 2 unspecified atom stereocenters. The summed E-state index contributed by atoms with van der Waals surface area (Å²) in [5, 5.41) is 4.66. The van der Waals surface area contributed by atoms with Crippen molar-refractivity contribution in [2.24, 2.45) is 0 Å². The van der Waals surface area contributed by atoms with E-state index < -0.39 is 0 Å². The first-order valence-electron chi connectivity index (χ1n) is 5.94. The topological polar surface area (TPSA) is 21.3 Å². The number of ether oxygens (including phenoxy) is 1. The van der Waals surface area contributed by atoms with Gasteiger partial charge in [-0.1, -0.05) is 29.3 Å². The predicted molar refractivity (Wildman–Crippen MR) is 73.1 cm³/mol. The lowest BCUT2D eigenvalue weighted by molar-refractivity contribution is 0.0669. The van der Waals surface area contributed by atoms with Gasteiger partial charge in [0.05, 0.1) is 21.8 Å². The Balaban J connectivity index is 2.02. The highest BCUT2D eigenvalue weighted by Crippen LogP contribution is 2.32. The standard InChI is InChI=1S/C13H17Cl2NO/c1-17-10-5-2-4-9(8-10)16-12-7-3-6-11(14)13(12)15/h3,6-7,9-10,16H,2,4-5,8H2,1H3. The Labute approximate surface area is 112 Å². The number of halogens is 2. The maximum Gasteiger partial charge on any atom is 0.0823 e. The van der Waals surface area contributed by atoms with E-state index >= 15 is 0 Å². The van der Waals surface area contributed by atoms with E-state index in [0.29, 0.717) is 22.2 Å². The zero-order chi connectivity index (χ0) is 12.3. The molecule has 0 bridgehead atoms. The number of methoxy groups -OCH3 is 1. The fourth-order valence-electron chi connectivity index (χ4n) is 2.33. The van der Waals surface area contributed by atoms with E-state index in [1.165, 1.54) is 6.42 Å². The second-order valence-corrected chi connectivity index (χ2v) is 5.25. The lowest BCUT2D eigenvalue weighted by Gasteiger charge is -2.29. The normalized spacial score (nSPS) is 24.6. The summed E-state index contributed by atoms with van der Waals surface area (Å²) in [6, 6.07) is 6.09. The largest absolute Gasteiger partial charge is 0.381 e. The maximum atomic E-state index is 6.16. The Morgan fingerprint density at radius 3 is 2.88 bits per heavy atom. The summed E-state index contributed by atoms with van der Waals surface area (Å²) in [7, 11) is 1.78. The van der Waals surface area contributed by atoms with Crippen LogP contribution in [0, 0.1) is 0 Å². The van der Waals surface area contributed by atoms with Crippen LogP contribution >= 0.6 is 23.2 Å². The van der Waals surface area contributed by atoms with Gasteiger partial charge in [-0.2, -0.15) is 0 Å². The fourth-order valence-corrected chi connectivity index (χ4v) is 2.68. The summed E-state index contributed by atoms with van der Waals surface area (Å²) >= 11 is 12.1. The lowest BCUT2D eigenvalue weighted by atomic mass is 9.92. The fraction of sp³-hybridized carbons (Fsp3) is 0.538. The minimum Gasteiger partial charge on any atom is -0.381 e. The molecule has 94 valence electrons. The molecule has 17 heavy (non-hydrogen) atoms. The van der Waals surface area contributed by atoms with Gasteiger partial charge in [0.15, 0.2) is 0 Å². The number of hydrogen-bond acceptors (Lipinski definition) is 2. The van der Waals surface area contributed by atoms with E-state index in [2.05, 4.69) is 5.32 Å². The van der Waals surface area contributed by atoms with E-state index in [0.717, 1.165) is 24.9 Å². The van der Waals surface area contributed by atoms with Gasteiger partial charge in [0.2, 0.25) is 0 Å². The molecule has 2 atom stereocenters. The van der Waals surface area contributed by atoms with E-state index in [9.17, 15) is 0 Å². The number of rotatable bonds is 3. The van der Waals surface area contributed by atoms with Gasteiger partial charge < -0.3 is 10.1 Å². The molecule has 0 aromatic heterocycles. The summed E-state index contributed by atoms with van der Waals surface area (Å²) in [5.74, 6) is 0. The summed E-state index contributed by atoms with van der Waals surface area (Å²) in [4.78, 5) is 0. The molecule has 0 amide bonds. The first-order chi connectivity index (χ1) is 8.20. The third kappa shape index (κ3) is 3.27. The van der Waals surface area contributed by atoms with Crippen LogP contribution in [0.15, 0.2) is 18.2 Å². The number of hydrogen-bond donors (Lipinski definition) is 1. The van der Waals surface area contributed by atoms with Crippen LogP contribution in [0.1, 0.15) is 25.7 Å². The van der Waals surface area contributed by atoms with Crippen LogP contribution in [0.5, 0.6) is 0 Å². The highest BCUT2D eigenvalue weighted by Gasteiger charge is 2.22. The van der Waals surface area contributed by atoms with Crippen LogP contribution in [-0.4, -0.2) is 19.3 Å². The zero-order valence-corrected chi connectivity index (χ0v) is 11.4. The summed E-state index contributed by atoms with van der Waals surface area (Å²) < 4.78 is 5.41. The van der Waals surface area contributed by atoms with Gasteiger partial charge in [0.1, 0.15) is 0 Å². The van der Waals surface area contributed by atoms with E-state index in [4.69, 9.17) is 27.9 Å². The molecule has 1 aliphatic rings. The summed E-state index contributed by atoms with van der Waals surface area (Å²) in [6.07, 6.45) is 4.88. The Morgan fingerprint density at radius 2 is 2.12 bits per heavy atom. The highest BCUT2D eigenvalue weighted by atomic mass is 35.5. The van der Waals surface area contributed by atoms with Gasteiger partial charge in [0.25, 0.3) is 0 Å². The molecule has 1 aromatic carbocycles. The number of nitrogens with one attached hydrogen (secondary N) is 1. The average molecular weight is 274 g/mol. The summed E-state index contributed by atoms with van der Waals surface area (Å²) in [5.41, 5.74) is 0.918. The molecule has 2 nitrogen and oxygen atoms in total. The van der Waals surface area contributed by atoms with Gasteiger partial charge in [-0.05, 0) is 37.8 Å². The average Bonchev–Trinajstić information content (AvgIpc) is 2.35. The Kier molecular flexibility index (Phi) is 4.55. The van der Waals surface area contributed by atoms with Crippen LogP contribution in [0.25, 0.3) is 0 Å². The van der Waals surface area contributed by atoms with Crippen molar-refractivity contribution in [3.63, 3.8) is 0 Å². The van der Waals surface area contributed by atoms with Crippen molar-refractivity contribution in [3.05, 3.63) is 28.2 Å². The molecule has 4 heteroatoms.